The van der Waals surface area contributed by atoms with Gasteiger partial charge in [0.05, 0.1) is 11.4 Å². The van der Waals surface area contributed by atoms with Crippen molar-refractivity contribution in [2.75, 3.05) is 32.0 Å². The Morgan fingerprint density at radius 3 is 2.53 bits per heavy atom. The first-order valence-electron chi connectivity index (χ1n) is 11.2. The number of allylic oxidation sites excluding steroid dienone is 2. The zero-order valence-corrected chi connectivity index (χ0v) is 20.1. The Kier molecular flexibility index (Phi) is 7.09. The van der Waals surface area contributed by atoms with Gasteiger partial charge in [0, 0.05) is 25.7 Å². The molecule has 5 nitrogen and oxygen atoms in total. The topological polar surface area (TPSA) is 43.8 Å². The Balaban J connectivity index is 1.63. The molecule has 1 aromatic carbocycles. The lowest BCUT2D eigenvalue weighted by Crippen LogP contribution is -2.53. The Morgan fingerprint density at radius 2 is 1.88 bits per heavy atom. The molecule has 2 aliphatic rings. The van der Waals surface area contributed by atoms with Crippen molar-refractivity contribution >= 4 is 22.2 Å². The van der Waals surface area contributed by atoms with Gasteiger partial charge in [0.2, 0.25) is 5.01 Å². The second-order valence-corrected chi connectivity index (χ2v) is 9.38. The maximum absolute atomic E-state index is 13.5. The molecule has 2 aromatic rings. The minimum absolute atomic E-state index is 0.164. The number of nitrogens with zero attached hydrogens (tertiary/aromatic N) is 4. The third kappa shape index (κ3) is 5.17. The first-order valence-corrected chi connectivity index (χ1v) is 12.0. The number of hydrogen-bond donors (Lipinski definition) is 1. The molecule has 182 valence electrons. The van der Waals surface area contributed by atoms with Crippen LogP contribution in [0, 0.1) is 5.82 Å². The monoisotopic (exact) mass is 493 g/mol. The highest BCUT2D eigenvalue weighted by Crippen LogP contribution is 2.40. The van der Waals surface area contributed by atoms with Crippen LogP contribution in [0.25, 0.3) is 0 Å². The van der Waals surface area contributed by atoms with Crippen molar-refractivity contribution in [3.63, 3.8) is 0 Å². The molecular weight excluding hydrogens is 466 g/mol. The van der Waals surface area contributed by atoms with E-state index in [0.717, 1.165) is 24.9 Å². The van der Waals surface area contributed by atoms with Crippen molar-refractivity contribution in [3.05, 3.63) is 69.9 Å². The number of aryl methyl sites for hydroxylation is 1. The molecule has 10 heteroatoms. The number of benzene rings is 1. The van der Waals surface area contributed by atoms with Crippen molar-refractivity contribution in [2.24, 2.45) is 4.99 Å². The standard InChI is InChI=1S/C24H27F4N5S/c1-4-18-19(5-2)30-22-20(31-23(34-22)24(26,27)28)21(29-18)33-13-12-32(3)17(14-33)11-8-15-6-9-16(25)10-7-15/h4-7,9-10,17,30H,8,11-14H2,1-3H3/b18-4+,19-5+/t17-/m0/s1. The van der Waals surface area contributed by atoms with Crippen molar-refractivity contribution in [2.45, 2.75) is 38.9 Å². The smallest absolute Gasteiger partial charge is 0.352 e. The summed E-state index contributed by atoms with van der Waals surface area (Å²) in [5, 5.41) is 2.56. The van der Waals surface area contributed by atoms with Crippen molar-refractivity contribution < 1.29 is 17.6 Å². The number of nitrogens with one attached hydrogen (secondary N) is 1. The molecule has 3 heterocycles. The molecular formula is C24H27F4N5S. The van der Waals surface area contributed by atoms with Crippen molar-refractivity contribution in [1.29, 1.82) is 0 Å². The summed E-state index contributed by atoms with van der Waals surface area (Å²) in [6.07, 6.45) is 0.723. The van der Waals surface area contributed by atoms with Crippen LogP contribution in [0.5, 0.6) is 0 Å². The van der Waals surface area contributed by atoms with E-state index in [2.05, 4.69) is 22.2 Å². The number of aliphatic imine (C=N–C) groups is 1. The molecule has 1 saturated heterocycles. The number of halogens is 4. The fraction of sp³-hybridized carbons (Fsp3) is 0.417. The van der Waals surface area contributed by atoms with Crippen molar-refractivity contribution in [1.82, 2.24) is 14.8 Å². The zero-order valence-electron chi connectivity index (χ0n) is 19.3. The Hall–Kier alpha value is -2.72. The van der Waals surface area contributed by atoms with E-state index in [-0.39, 0.29) is 17.6 Å². The molecule has 1 aromatic heterocycles. The van der Waals surface area contributed by atoms with Crippen LogP contribution in [0.3, 0.4) is 0 Å². The van der Waals surface area contributed by atoms with Gasteiger partial charge >= 0.3 is 6.18 Å². The van der Waals surface area contributed by atoms with Crippen LogP contribution < -0.4 is 5.32 Å². The van der Waals surface area contributed by atoms with E-state index >= 15 is 0 Å². The highest BCUT2D eigenvalue weighted by Gasteiger charge is 2.39. The summed E-state index contributed by atoms with van der Waals surface area (Å²) in [5.74, 6) is 0.196. The highest BCUT2D eigenvalue weighted by molar-refractivity contribution is 7.16. The van der Waals surface area contributed by atoms with E-state index in [0.29, 0.717) is 46.7 Å². The molecule has 2 aliphatic heterocycles. The minimum Gasteiger partial charge on any atom is -0.352 e. The quantitative estimate of drug-likeness (QED) is 0.571. The number of likely N-dealkylation sites (N-methyl/N-ethyl adjacent to an activating group) is 1. The summed E-state index contributed by atoms with van der Waals surface area (Å²) in [6, 6.07) is 6.65. The summed E-state index contributed by atoms with van der Waals surface area (Å²) in [5.41, 5.74) is 2.60. The maximum Gasteiger partial charge on any atom is 0.443 e. The Labute approximate surface area is 200 Å². The van der Waals surface area contributed by atoms with Crippen LogP contribution >= 0.6 is 11.3 Å². The average molecular weight is 494 g/mol. The summed E-state index contributed by atoms with van der Waals surface area (Å²) in [7, 11) is 2.05. The number of amidine groups is 1. The van der Waals surface area contributed by atoms with Gasteiger partial charge in [-0.15, -0.1) is 0 Å². The number of rotatable bonds is 3. The van der Waals surface area contributed by atoms with Gasteiger partial charge in [0.25, 0.3) is 0 Å². The lowest BCUT2D eigenvalue weighted by molar-refractivity contribution is -0.137. The van der Waals surface area contributed by atoms with E-state index in [4.69, 9.17) is 4.99 Å². The fourth-order valence-electron chi connectivity index (χ4n) is 4.19. The van der Waals surface area contributed by atoms with Gasteiger partial charge in [-0.05, 0) is 51.4 Å². The minimum atomic E-state index is -4.52. The second-order valence-electron chi connectivity index (χ2n) is 8.38. The fourth-order valence-corrected chi connectivity index (χ4v) is 5.03. The highest BCUT2D eigenvalue weighted by atomic mass is 32.1. The van der Waals surface area contributed by atoms with Gasteiger partial charge in [-0.1, -0.05) is 35.6 Å². The molecule has 0 saturated carbocycles. The van der Waals surface area contributed by atoms with E-state index in [9.17, 15) is 17.6 Å². The lowest BCUT2D eigenvalue weighted by Gasteiger charge is -2.40. The first kappa shape index (κ1) is 24.4. The second kappa shape index (κ2) is 9.87. The number of anilines is 1. The number of hydrogen-bond acceptors (Lipinski definition) is 6. The molecule has 0 aliphatic carbocycles. The predicted octanol–water partition coefficient (Wildman–Crippen LogP) is 5.53. The van der Waals surface area contributed by atoms with Gasteiger partial charge in [-0.2, -0.15) is 13.2 Å². The van der Waals surface area contributed by atoms with Crippen LogP contribution in [-0.4, -0.2) is 53.3 Å². The van der Waals surface area contributed by atoms with Crippen molar-refractivity contribution in [3.8, 4) is 0 Å². The van der Waals surface area contributed by atoms with E-state index < -0.39 is 11.2 Å². The lowest BCUT2D eigenvalue weighted by atomic mass is 10.0. The summed E-state index contributed by atoms with van der Waals surface area (Å²) < 4.78 is 53.7. The molecule has 1 fully saturated rings. The van der Waals surface area contributed by atoms with Crippen LogP contribution in [0.1, 0.15) is 36.5 Å². The van der Waals surface area contributed by atoms with Gasteiger partial charge in [-0.25, -0.2) is 14.4 Å². The van der Waals surface area contributed by atoms with Crippen LogP contribution in [0.2, 0.25) is 0 Å². The molecule has 0 bridgehead atoms. The van der Waals surface area contributed by atoms with Gasteiger partial charge in [0.1, 0.15) is 16.5 Å². The number of thiazole rings is 1. The van der Waals surface area contributed by atoms with Gasteiger partial charge in [-0.3, -0.25) is 4.90 Å². The Morgan fingerprint density at radius 1 is 1.15 bits per heavy atom. The summed E-state index contributed by atoms with van der Waals surface area (Å²) in [6.45, 7) is 5.65. The normalized spacial score (nSPS) is 21.9. The maximum atomic E-state index is 13.5. The molecule has 0 amide bonds. The van der Waals surface area contributed by atoms with Gasteiger partial charge in [0.15, 0.2) is 5.84 Å². The molecule has 0 radical (unpaired) electrons. The molecule has 1 atom stereocenters. The third-order valence-corrected chi connectivity index (χ3v) is 7.17. The summed E-state index contributed by atoms with van der Waals surface area (Å²) in [4.78, 5) is 13.1. The van der Waals surface area contributed by atoms with Crippen LogP contribution in [0.4, 0.5) is 22.6 Å². The molecule has 4 rings (SSSR count). The Bertz CT molecular complexity index is 1120. The largest absolute Gasteiger partial charge is 0.443 e. The van der Waals surface area contributed by atoms with Crippen LogP contribution in [0.15, 0.2) is 52.8 Å². The van der Waals surface area contributed by atoms with Crippen LogP contribution in [-0.2, 0) is 12.6 Å². The van der Waals surface area contributed by atoms with E-state index in [1.165, 1.54) is 12.1 Å². The van der Waals surface area contributed by atoms with E-state index in [1.807, 2.05) is 24.8 Å². The summed E-state index contributed by atoms with van der Waals surface area (Å²) >= 11 is 0.601. The third-order valence-electron chi connectivity index (χ3n) is 6.15. The van der Waals surface area contributed by atoms with E-state index in [1.54, 1.807) is 18.2 Å². The molecule has 0 spiro atoms. The molecule has 1 N–H and O–H groups in total. The number of fused-ring (bicyclic) bond motifs is 1. The molecule has 34 heavy (non-hydrogen) atoms. The average Bonchev–Trinajstić information content (AvgIpc) is 3.17. The predicted molar refractivity (Wildman–Crippen MR) is 128 cm³/mol. The molecule has 0 unspecified atom stereocenters. The number of piperazine rings is 1. The zero-order chi connectivity index (χ0) is 24.5. The van der Waals surface area contributed by atoms with Gasteiger partial charge < -0.3 is 10.2 Å². The SMILES string of the molecule is C/C=C1/N=C(N2CCN(C)[C@@H](CCc3ccc(F)cc3)C2)c2nc(C(F)(F)F)sc2N/C1=C/C. The first-order chi connectivity index (χ1) is 16.2. The number of alkyl halides is 3. The number of aromatic nitrogens is 1.